The molecule has 3 rings (SSSR count). The first kappa shape index (κ1) is 18.4. The Balaban J connectivity index is 1.60. The van der Waals surface area contributed by atoms with E-state index in [0.717, 1.165) is 19.3 Å². The molecule has 1 saturated carbocycles. The van der Waals surface area contributed by atoms with E-state index in [9.17, 15) is 14.4 Å². The highest BCUT2D eigenvalue weighted by molar-refractivity contribution is 5.92. The number of amides is 3. The van der Waals surface area contributed by atoms with E-state index >= 15 is 0 Å². The van der Waals surface area contributed by atoms with Crippen LogP contribution in [-0.2, 0) is 9.59 Å². The topological polar surface area (TPSA) is 105 Å². The predicted octanol–water partition coefficient (Wildman–Crippen LogP) is 1.01. The van der Waals surface area contributed by atoms with Gasteiger partial charge in [-0.15, -0.1) is 0 Å². The van der Waals surface area contributed by atoms with Crippen LogP contribution in [0.15, 0.2) is 10.6 Å². The van der Waals surface area contributed by atoms with Gasteiger partial charge in [0.2, 0.25) is 11.8 Å². The van der Waals surface area contributed by atoms with Crippen molar-refractivity contribution in [2.75, 3.05) is 13.6 Å². The monoisotopic (exact) mass is 362 g/mol. The van der Waals surface area contributed by atoms with Gasteiger partial charge in [0, 0.05) is 44.1 Å². The first-order chi connectivity index (χ1) is 12.4. The number of aromatic nitrogens is 1. The zero-order valence-electron chi connectivity index (χ0n) is 15.3. The van der Waals surface area contributed by atoms with E-state index in [1.54, 1.807) is 24.9 Å². The maximum absolute atomic E-state index is 12.4. The summed E-state index contributed by atoms with van der Waals surface area (Å²) in [5, 5.41) is 9.65. The minimum absolute atomic E-state index is 0.0187. The molecule has 1 saturated heterocycles. The van der Waals surface area contributed by atoms with Gasteiger partial charge in [-0.3, -0.25) is 14.4 Å². The number of rotatable bonds is 4. The number of nitrogens with zero attached hydrogens (tertiary/aromatic N) is 2. The third-order valence-corrected chi connectivity index (χ3v) is 4.94. The van der Waals surface area contributed by atoms with Crippen molar-refractivity contribution in [3.63, 3.8) is 0 Å². The predicted molar refractivity (Wildman–Crippen MR) is 93.3 cm³/mol. The van der Waals surface area contributed by atoms with E-state index in [1.807, 2.05) is 0 Å². The summed E-state index contributed by atoms with van der Waals surface area (Å²) in [5.74, 6) is -0.122. The minimum Gasteiger partial charge on any atom is -0.361 e. The second-order valence-corrected chi connectivity index (χ2v) is 7.38. The number of nitrogens with one attached hydrogen (secondary N) is 2. The molecule has 2 aliphatic rings. The van der Waals surface area contributed by atoms with Crippen LogP contribution in [0.4, 0.5) is 0 Å². The highest BCUT2D eigenvalue weighted by atomic mass is 16.5. The highest BCUT2D eigenvalue weighted by Crippen LogP contribution is 2.23. The van der Waals surface area contributed by atoms with E-state index < -0.39 is 0 Å². The Hall–Kier alpha value is -2.38. The van der Waals surface area contributed by atoms with Gasteiger partial charge in [0.15, 0.2) is 5.69 Å². The van der Waals surface area contributed by atoms with Crippen LogP contribution >= 0.6 is 0 Å². The Morgan fingerprint density at radius 3 is 2.62 bits per heavy atom. The SMILES string of the molecule is Cc1cc(C(=O)N[C@@H]2CCC[C@@H](C(=O)NC3CC3)CC(=O)N(C)C2)no1. The summed E-state index contributed by atoms with van der Waals surface area (Å²) >= 11 is 0. The van der Waals surface area contributed by atoms with Gasteiger partial charge in [-0.25, -0.2) is 0 Å². The van der Waals surface area contributed by atoms with Crippen LogP contribution in [0, 0.1) is 12.8 Å². The molecule has 0 unspecified atom stereocenters. The van der Waals surface area contributed by atoms with Crippen molar-refractivity contribution < 1.29 is 18.9 Å². The lowest BCUT2D eigenvalue weighted by molar-refractivity contribution is -0.135. The van der Waals surface area contributed by atoms with Gasteiger partial charge in [0.1, 0.15) is 5.76 Å². The largest absolute Gasteiger partial charge is 0.361 e. The zero-order chi connectivity index (χ0) is 18.7. The lowest BCUT2D eigenvalue weighted by atomic mass is 9.96. The molecule has 1 aliphatic carbocycles. The van der Waals surface area contributed by atoms with E-state index in [0.29, 0.717) is 31.2 Å². The Labute approximate surface area is 152 Å². The molecule has 3 amide bonds. The number of carbonyl (C=O) groups is 3. The summed E-state index contributed by atoms with van der Waals surface area (Å²) < 4.78 is 4.93. The van der Waals surface area contributed by atoms with Crippen molar-refractivity contribution in [3.8, 4) is 0 Å². The lowest BCUT2D eigenvalue weighted by Gasteiger charge is -2.24. The minimum atomic E-state index is -0.310. The second-order valence-electron chi connectivity index (χ2n) is 7.38. The fourth-order valence-corrected chi connectivity index (χ4v) is 3.22. The van der Waals surface area contributed by atoms with Crippen molar-refractivity contribution in [3.05, 3.63) is 17.5 Å². The molecule has 2 heterocycles. The number of likely N-dealkylation sites (N-methyl/N-ethyl adjacent to an activating group) is 1. The first-order valence-corrected chi connectivity index (χ1v) is 9.21. The van der Waals surface area contributed by atoms with Crippen LogP contribution in [0.2, 0.25) is 0 Å². The number of hydrogen-bond acceptors (Lipinski definition) is 5. The average molecular weight is 362 g/mol. The van der Waals surface area contributed by atoms with Crippen molar-refractivity contribution in [1.29, 1.82) is 0 Å². The Bertz CT molecular complexity index is 682. The molecule has 1 aromatic rings. The van der Waals surface area contributed by atoms with Gasteiger partial charge in [-0.1, -0.05) is 11.6 Å². The van der Waals surface area contributed by atoms with Gasteiger partial charge >= 0.3 is 0 Å². The number of hydrogen-bond donors (Lipinski definition) is 2. The fraction of sp³-hybridized carbons (Fsp3) is 0.667. The molecule has 8 nitrogen and oxygen atoms in total. The lowest BCUT2D eigenvalue weighted by Crippen LogP contribution is -2.44. The Morgan fingerprint density at radius 2 is 1.96 bits per heavy atom. The van der Waals surface area contributed by atoms with Crippen LogP contribution in [0.3, 0.4) is 0 Å². The van der Waals surface area contributed by atoms with Gasteiger partial charge in [0.25, 0.3) is 5.91 Å². The summed E-state index contributed by atoms with van der Waals surface area (Å²) in [6, 6.07) is 1.69. The van der Waals surface area contributed by atoms with Crippen LogP contribution < -0.4 is 10.6 Å². The first-order valence-electron chi connectivity index (χ1n) is 9.21. The van der Waals surface area contributed by atoms with E-state index in [1.165, 1.54) is 0 Å². The molecule has 8 heteroatoms. The van der Waals surface area contributed by atoms with Crippen LogP contribution in [-0.4, -0.2) is 53.5 Å². The van der Waals surface area contributed by atoms with Gasteiger partial charge in [-0.2, -0.15) is 0 Å². The Kier molecular flexibility index (Phi) is 5.58. The molecular formula is C18H26N4O4. The summed E-state index contributed by atoms with van der Waals surface area (Å²) in [6.07, 6.45) is 4.40. The molecule has 2 fully saturated rings. The van der Waals surface area contributed by atoms with Gasteiger partial charge in [-0.05, 0) is 32.6 Å². The zero-order valence-corrected chi connectivity index (χ0v) is 15.3. The normalized spacial score (nSPS) is 24.4. The second kappa shape index (κ2) is 7.88. The summed E-state index contributed by atoms with van der Waals surface area (Å²) in [4.78, 5) is 38.7. The molecule has 1 aromatic heterocycles. The maximum atomic E-state index is 12.4. The molecule has 0 radical (unpaired) electrons. The van der Waals surface area contributed by atoms with Crippen LogP contribution in [0.1, 0.15) is 54.8 Å². The van der Waals surface area contributed by atoms with E-state index in [-0.39, 0.29) is 41.8 Å². The molecule has 26 heavy (non-hydrogen) atoms. The molecule has 0 aromatic carbocycles. The summed E-state index contributed by atoms with van der Waals surface area (Å²) in [5.41, 5.74) is 0.234. The van der Waals surface area contributed by atoms with E-state index in [4.69, 9.17) is 4.52 Å². The van der Waals surface area contributed by atoms with Crippen molar-refractivity contribution >= 4 is 17.7 Å². The molecule has 1 aliphatic heterocycles. The molecule has 0 spiro atoms. The fourth-order valence-electron chi connectivity index (χ4n) is 3.22. The van der Waals surface area contributed by atoms with Crippen LogP contribution in [0.25, 0.3) is 0 Å². The van der Waals surface area contributed by atoms with E-state index in [2.05, 4.69) is 15.8 Å². The molecular weight excluding hydrogens is 336 g/mol. The van der Waals surface area contributed by atoms with Crippen molar-refractivity contribution in [2.45, 2.75) is 57.5 Å². The van der Waals surface area contributed by atoms with Gasteiger partial charge in [0.05, 0.1) is 0 Å². The number of aryl methyl sites for hydroxylation is 1. The number of carbonyl (C=O) groups excluding carboxylic acids is 3. The maximum Gasteiger partial charge on any atom is 0.273 e. The molecule has 142 valence electrons. The van der Waals surface area contributed by atoms with Crippen molar-refractivity contribution in [1.82, 2.24) is 20.7 Å². The Morgan fingerprint density at radius 1 is 1.19 bits per heavy atom. The third-order valence-electron chi connectivity index (χ3n) is 4.94. The molecule has 2 N–H and O–H groups in total. The van der Waals surface area contributed by atoms with Crippen molar-refractivity contribution in [2.24, 2.45) is 5.92 Å². The smallest absolute Gasteiger partial charge is 0.273 e. The summed E-state index contributed by atoms with van der Waals surface area (Å²) in [7, 11) is 1.71. The van der Waals surface area contributed by atoms with Crippen LogP contribution in [0.5, 0.6) is 0 Å². The highest BCUT2D eigenvalue weighted by Gasteiger charge is 2.31. The average Bonchev–Trinajstić information content (AvgIpc) is 3.28. The van der Waals surface area contributed by atoms with Gasteiger partial charge < -0.3 is 20.1 Å². The summed E-state index contributed by atoms with van der Waals surface area (Å²) in [6.45, 7) is 2.14. The third kappa shape index (κ3) is 4.83. The standard InChI is InChI=1S/C18H26N4O4/c1-11-8-15(21-26-11)18(25)20-14-5-3-4-12(9-16(23)22(2)10-14)17(24)19-13-6-7-13/h8,12-14H,3-7,9-10H2,1-2H3,(H,19,24)(H,20,25)/t12-,14-/m1/s1. The quantitative estimate of drug-likeness (QED) is 0.832. The molecule has 2 atom stereocenters. The molecule has 0 bridgehead atoms.